The molecule has 0 bridgehead atoms. The zero-order valence-corrected chi connectivity index (χ0v) is 10.6. The Hall–Kier alpha value is -1.50. The predicted octanol–water partition coefficient (Wildman–Crippen LogP) is 4.39. The van der Waals surface area contributed by atoms with Gasteiger partial charge < -0.3 is 4.57 Å². The van der Waals surface area contributed by atoms with Crippen LogP contribution in [0.25, 0.3) is 10.9 Å². The van der Waals surface area contributed by atoms with Crippen LogP contribution < -0.4 is 0 Å². The molecule has 1 unspecified atom stereocenters. The van der Waals surface area contributed by atoms with Crippen molar-refractivity contribution >= 4 is 10.9 Å². The first kappa shape index (κ1) is 10.6. The molecule has 1 aliphatic carbocycles. The molecule has 3 rings (SSSR count). The second kappa shape index (κ2) is 4.06. The molecule has 0 spiro atoms. The number of rotatable bonds is 1. The summed E-state index contributed by atoms with van der Waals surface area (Å²) >= 11 is 0. The number of benzene rings is 1. The molecule has 17 heavy (non-hydrogen) atoms. The van der Waals surface area contributed by atoms with Gasteiger partial charge in [0.15, 0.2) is 0 Å². The molecule has 0 radical (unpaired) electrons. The molecule has 88 valence electrons. The van der Waals surface area contributed by atoms with E-state index in [0.29, 0.717) is 5.92 Å². The van der Waals surface area contributed by atoms with Gasteiger partial charge in [-0.3, -0.25) is 0 Å². The first-order valence-corrected chi connectivity index (χ1v) is 6.47. The van der Waals surface area contributed by atoms with E-state index in [4.69, 9.17) is 0 Å². The number of nitrogens with zero attached hydrogens (tertiary/aromatic N) is 1. The summed E-state index contributed by atoms with van der Waals surface area (Å²) in [5.74, 6) is 0.620. The maximum absolute atomic E-state index is 2.46. The maximum Gasteiger partial charge on any atom is 0.0480 e. The van der Waals surface area contributed by atoms with Crippen molar-refractivity contribution in [1.29, 1.82) is 0 Å². The average Bonchev–Trinajstić information content (AvgIpc) is 2.68. The Kier molecular flexibility index (Phi) is 2.54. The maximum atomic E-state index is 2.46. The van der Waals surface area contributed by atoms with Crippen LogP contribution in [0.1, 0.15) is 37.7 Å². The van der Waals surface area contributed by atoms with Crippen molar-refractivity contribution < 1.29 is 0 Å². The van der Waals surface area contributed by atoms with Crippen molar-refractivity contribution in [2.45, 2.75) is 32.1 Å². The number of fused-ring (bicyclic) bond motifs is 1. The fourth-order valence-corrected chi connectivity index (χ4v) is 3.02. The largest absolute Gasteiger partial charge is 0.350 e. The van der Waals surface area contributed by atoms with Gasteiger partial charge in [0.2, 0.25) is 0 Å². The lowest BCUT2D eigenvalue weighted by Gasteiger charge is -2.18. The number of hydrogen-bond acceptors (Lipinski definition) is 0. The van der Waals surface area contributed by atoms with Crippen molar-refractivity contribution in [2.24, 2.45) is 7.05 Å². The lowest BCUT2D eigenvalue weighted by molar-refractivity contribution is 0.634. The second-order valence-corrected chi connectivity index (χ2v) is 5.22. The predicted molar refractivity (Wildman–Crippen MR) is 73.3 cm³/mol. The van der Waals surface area contributed by atoms with E-state index in [0.717, 1.165) is 0 Å². The van der Waals surface area contributed by atoms with E-state index in [9.17, 15) is 0 Å². The van der Waals surface area contributed by atoms with Crippen LogP contribution in [0.3, 0.4) is 0 Å². The minimum Gasteiger partial charge on any atom is -0.350 e. The number of para-hydroxylation sites is 1. The summed E-state index contributed by atoms with van der Waals surface area (Å²) in [6, 6.07) is 8.72. The Morgan fingerprint density at radius 3 is 2.88 bits per heavy atom. The summed E-state index contributed by atoms with van der Waals surface area (Å²) in [5, 5.41) is 1.42. The van der Waals surface area contributed by atoms with Gasteiger partial charge in [-0.25, -0.2) is 0 Å². The molecule has 1 aromatic carbocycles. The summed E-state index contributed by atoms with van der Waals surface area (Å²) in [7, 11) is 2.14. The molecule has 0 fully saturated rings. The number of aromatic nitrogens is 1. The molecule has 1 heteroatoms. The van der Waals surface area contributed by atoms with Gasteiger partial charge in [-0.2, -0.15) is 0 Å². The van der Waals surface area contributed by atoms with Crippen LogP contribution in [0.5, 0.6) is 0 Å². The summed E-state index contributed by atoms with van der Waals surface area (Å²) in [6.45, 7) is 2.26. The minimum absolute atomic E-state index is 0.620. The van der Waals surface area contributed by atoms with Crippen molar-refractivity contribution in [1.82, 2.24) is 4.57 Å². The van der Waals surface area contributed by atoms with Crippen molar-refractivity contribution in [2.75, 3.05) is 0 Å². The van der Waals surface area contributed by atoms with Gasteiger partial charge in [-0.1, -0.05) is 29.8 Å². The highest BCUT2D eigenvalue weighted by molar-refractivity contribution is 5.84. The highest BCUT2D eigenvalue weighted by Crippen LogP contribution is 2.35. The van der Waals surface area contributed by atoms with Crippen LogP contribution >= 0.6 is 0 Å². The van der Waals surface area contributed by atoms with E-state index in [1.54, 1.807) is 5.57 Å². The van der Waals surface area contributed by atoms with E-state index in [1.807, 2.05) is 0 Å². The smallest absolute Gasteiger partial charge is 0.0480 e. The molecule has 1 atom stereocenters. The van der Waals surface area contributed by atoms with E-state index in [2.05, 4.69) is 55.1 Å². The molecule has 1 aliphatic rings. The van der Waals surface area contributed by atoms with Gasteiger partial charge >= 0.3 is 0 Å². The SMILES string of the molecule is CC1=CC(c2cn(C)c3ccccc23)CCC1. The molecule has 1 nitrogen and oxygen atoms in total. The lowest BCUT2D eigenvalue weighted by Crippen LogP contribution is -2.01. The van der Waals surface area contributed by atoms with Crippen LogP contribution in [0, 0.1) is 0 Å². The second-order valence-electron chi connectivity index (χ2n) is 5.22. The van der Waals surface area contributed by atoms with Crippen molar-refractivity contribution in [3.8, 4) is 0 Å². The van der Waals surface area contributed by atoms with Crippen molar-refractivity contribution in [3.05, 3.63) is 47.7 Å². The number of hydrogen-bond donors (Lipinski definition) is 0. The van der Waals surface area contributed by atoms with Crippen LogP contribution in [-0.4, -0.2) is 4.57 Å². The highest BCUT2D eigenvalue weighted by Gasteiger charge is 2.17. The minimum atomic E-state index is 0.620. The summed E-state index contributed by atoms with van der Waals surface area (Å²) in [6.07, 6.45) is 8.68. The topological polar surface area (TPSA) is 4.93 Å². The first-order valence-electron chi connectivity index (χ1n) is 6.47. The van der Waals surface area contributed by atoms with Crippen LogP contribution in [0.2, 0.25) is 0 Å². The third-order valence-electron chi connectivity index (χ3n) is 3.90. The lowest BCUT2D eigenvalue weighted by atomic mass is 9.86. The summed E-state index contributed by atoms with van der Waals surface area (Å²) in [5.41, 5.74) is 4.40. The standard InChI is InChI=1S/C16H19N/c1-12-6-5-7-13(10-12)15-11-17(2)16-9-4-3-8-14(15)16/h3-4,8-11,13H,5-7H2,1-2H3. The summed E-state index contributed by atoms with van der Waals surface area (Å²) in [4.78, 5) is 0. The van der Waals surface area contributed by atoms with Crippen LogP contribution in [-0.2, 0) is 7.05 Å². The summed E-state index contributed by atoms with van der Waals surface area (Å²) < 4.78 is 2.25. The Morgan fingerprint density at radius 2 is 2.06 bits per heavy atom. The van der Waals surface area contributed by atoms with E-state index < -0.39 is 0 Å². The fourth-order valence-electron chi connectivity index (χ4n) is 3.02. The monoisotopic (exact) mass is 225 g/mol. The normalized spacial score (nSPS) is 20.6. The molecule has 1 heterocycles. The van der Waals surface area contributed by atoms with Crippen LogP contribution in [0.15, 0.2) is 42.1 Å². The van der Waals surface area contributed by atoms with Crippen LogP contribution in [0.4, 0.5) is 0 Å². The van der Waals surface area contributed by atoms with Gasteiger partial charge in [-0.05, 0) is 37.8 Å². The number of allylic oxidation sites excluding steroid dienone is 2. The van der Waals surface area contributed by atoms with E-state index in [-0.39, 0.29) is 0 Å². The van der Waals surface area contributed by atoms with Gasteiger partial charge in [0.1, 0.15) is 0 Å². The Bertz CT molecular complexity index is 574. The zero-order valence-electron chi connectivity index (χ0n) is 10.6. The fraction of sp³-hybridized carbons (Fsp3) is 0.375. The molecule has 0 saturated heterocycles. The van der Waals surface area contributed by atoms with Crippen molar-refractivity contribution in [3.63, 3.8) is 0 Å². The Morgan fingerprint density at radius 1 is 1.24 bits per heavy atom. The highest BCUT2D eigenvalue weighted by atomic mass is 14.9. The van der Waals surface area contributed by atoms with E-state index in [1.165, 1.54) is 35.7 Å². The third kappa shape index (κ3) is 1.80. The van der Waals surface area contributed by atoms with Gasteiger partial charge in [0, 0.05) is 30.1 Å². The molecule has 0 aliphatic heterocycles. The quantitative estimate of drug-likeness (QED) is 0.634. The van der Waals surface area contributed by atoms with Gasteiger partial charge in [-0.15, -0.1) is 0 Å². The first-order chi connectivity index (χ1) is 8.25. The molecular weight excluding hydrogens is 206 g/mol. The number of aryl methyl sites for hydroxylation is 1. The molecule has 2 aromatic rings. The average molecular weight is 225 g/mol. The molecule has 1 aromatic heterocycles. The molecule has 0 saturated carbocycles. The Balaban J connectivity index is 2.14. The van der Waals surface area contributed by atoms with Gasteiger partial charge in [0.05, 0.1) is 0 Å². The third-order valence-corrected chi connectivity index (χ3v) is 3.90. The molecular formula is C16H19N. The van der Waals surface area contributed by atoms with Gasteiger partial charge in [0.25, 0.3) is 0 Å². The zero-order chi connectivity index (χ0) is 11.8. The Labute approximate surface area is 103 Å². The van der Waals surface area contributed by atoms with E-state index >= 15 is 0 Å². The molecule has 0 N–H and O–H groups in total. The molecule has 0 amide bonds.